The fourth-order valence-corrected chi connectivity index (χ4v) is 1.54. The van der Waals surface area contributed by atoms with Crippen molar-refractivity contribution in [3.8, 4) is 0 Å². The fraction of sp³-hybridized carbons (Fsp3) is 0.429. The molecule has 1 rings (SSSR count). The minimum Gasteiger partial charge on any atom is -0.393 e. The lowest BCUT2D eigenvalue weighted by atomic mass is 10.0. The minimum atomic E-state index is -0.193. The summed E-state index contributed by atoms with van der Waals surface area (Å²) in [5.41, 5.74) is 2.45. The smallest absolute Gasteiger partial charge is 0.0546 e. The number of allylic oxidation sites excluding steroid dienone is 1. The van der Waals surface area contributed by atoms with Gasteiger partial charge in [-0.25, -0.2) is 0 Å². The van der Waals surface area contributed by atoms with Gasteiger partial charge in [0.15, 0.2) is 0 Å². The van der Waals surface area contributed by atoms with Crippen molar-refractivity contribution < 1.29 is 5.11 Å². The van der Waals surface area contributed by atoms with Crippen LogP contribution >= 0.6 is 0 Å². The Labute approximate surface area is 92.5 Å². The van der Waals surface area contributed by atoms with E-state index in [1.54, 1.807) is 0 Å². The van der Waals surface area contributed by atoms with Crippen molar-refractivity contribution >= 4 is 0 Å². The number of aryl methyl sites for hydroxylation is 1. The second kappa shape index (κ2) is 6.41. The molecule has 15 heavy (non-hydrogen) atoms. The monoisotopic (exact) mass is 204 g/mol. The molecule has 82 valence electrons. The van der Waals surface area contributed by atoms with E-state index in [9.17, 15) is 5.11 Å². The highest BCUT2D eigenvalue weighted by molar-refractivity contribution is 5.14. The van der Waals surface area contributed by atoms with Gasteiger partial charge in [0.05, 0.1) is 6.10 Å². The number of benzene rings is 1. The Bertz CT molecular complexity index is 289. The molecule has 0 radical (unpaired) electrons. The van der Waals surface area contributed by atoms with Crippen LogP contribution in [0.1, 0.15) is 31.7 Å². The Morgan fingerprint density at radius 3 is 2.53 bits per heavy atom. The van der Waals surface area contributed by atoms with E-state index in [4.69, 9.17) is 0 Å². The van der Waals surface area contributed by atoms with Crippen LogP contribution in [0.4, 0.5) is 0 Å². The second-order valence-electron chi connectivity index (χ2n) is 4.17. The molecular weight excluding hydrogens is 184 g/mol. The first-order valence-corrected chi connectivity index (χ1v) is 5.55. The molecule has 0 aliphatic heterocycles. The predicted octanol–water partition coefficient (Wildman–Crippen LogP) is 3.34. The maximum Gasteiger partial charge on any atom is 0.0546 e. The van der Waals surface area contributed by atoms with Crippen LogP contribution in [0.2, 0.25) is 0 Å². The quantitative estimate of drug-likeness (QED) is 0.705. The van der Waals surface area contributed by atoms with Crippen LogP contribution in [-0.4, -0.2) is 11.2 Å². The number of hydrogen-bond donors (Lipinski definition) is 1. The summed E-state index contributed by atoms with van der Waals surface area (Å²) < 4.78 is 0. The topological polar surface area (TPSA) is 20.2 Å². The largest absolute Gasteiger partial charge is 0.393 e. The van der Waals surface area contributed by atoms with Gasteiger partial charge in [-0.05, 0) is 38.2 Å². The molecule has 1 N–H and O–H groups in total. The Hall–Kier alpha value is -1.08. The fourth-order valence-electron chi connectivity index (χ4n) is 1.54. The Balaban J connectivity index is 2.22. The molecule has 0 aromatic heterocycles. The lowest BCUT2D eigenvalue weighted by Crippen LogP contribution is -2.07. The molecule has 1 aromatic rings. The summed E-state index contributed by atoms with van der Waals surface area (Å²) >= 11 is 0. The molecule has 1 heteroatoms. The van der Waals surface area contributed by atoms with Gasteiger partial charge in [-0.15, -0.1) is 6.58 Å². The number of aliphatic hydroxyl groups is 1. The van der Waals surface area contributed by atoms with Crippen LogP contribution < -0.4 is 0 Å². The van der Waals surface area contributed by atoms with E-state index < -0.39 is 0 Å². The van der Waals surface area contributed by atoms with Gasteiger partial charge in [-0.2, -0.15) is 0 Å². The van der Waals surface area contributed by atoms with Gasteiger partial charge < -0.3 is 5.11 Å². The lowest BCUT2D eigenvalue weighted by Gasteiger charge is -2.10. The standard InChI is InChI=1S/C14H20O/c1-12(2)8-10-14(15)11-9-13-6-4-3-5-7-13/h3-7,14-15H,1,8-11H2,2H3. The second-order valence-corrected chi connectivity index (χ2v) is 4.17. The summed E-state index contributed by atoms with van der Waals surface area (Å²) in [5.74, 6) is 0. The average molecular weight is 204 g/mol. The Morgan fingerprint density at radius 1 is 1.27 bits per heavy atom. The van der Waals surface area contributed by atoms with E-state index in [2.05, 4.69) is 18.7 Å². The zero-order valence-corrected chi connectivity index (χ0v) is 9.45. The predicted molar refractivity (Wildman–Crippen MR) is 64.8 cm³/mol. The molecule has 0 aliphatic rings. The highest BCUT2D eigenvalue weighted by Gasteiger charge is 2.04. The van der Waals surface area contributed by atoms with E-state index in [-0.39, 0.29) is 6.10 Å². The van der Waals surface area contributed by atoms with E-state index in [1.165, 1.54) is 5.56 Å². The molecule has 0 amide bonds. The summed E-state index contributed by atoms with van der Waals surface area (Å²) in [6.07, 6.45) is 3.37. The first-order chi connectivity index (χ1) is 7.18. The van der Waals surface area contributed by atoms with E-state index in [0.717, 1.165) is 31.3 Å². The minimum absolute atomic E-state index is 0.193. The summed E-state index contributed by atoms with van der Waals surface area (Å²) in [4.78, 5) is 0. The Morgan fingerprint density at radius 2 is 1.93 bits per heavy atom. The lowest BCUT2D eigenvalue weighted by molar-refractivity contribution is 0.155. The molecule has 0 saturated carbocycles. The third-order valence-corrected chi connectivity index (χ3v) is 2.51. The summed E-state index contributed by atoms with van der Waals surface area (Å²) in [6, 6.07) is 10.3. The molecule has 0 fully saturated rings. The molecule has 0 bridgehead atoms. The Kier molecular flexibility index (Phi) is 5.13. The third-order valence-electron chi connectivity index (χ3n) is 2.51. The first-order valence-electron chi connectivity index (χ1n) is 5.55. The average Bonchev–Trinajstić information content (AvgIpc) is 2.25. The molecule has 0 saturated heterocycles. The zero-order chi connectivity index (χ0) is 11.1. The van der Waals surface area contributed by atoms with E-state index in [0.29, 0.717) is 0 Å². The number of aliphatic hydroxyl groups excluding tert-OH is 1. The van der Waals surface area contributed by atoms with Crippen molar-refractivity contribution in [3.05, 3.63) is 48.0 Å². The summed E-state index contributed by atoms with van der Waals surface area (Å²) in [6.45, 7) is 5.84. The molecular formula is C14H20O. The van der Waals surface area contributed by atoms with E-state index in [1.807, 2.05) is 25.1 Å². The van der Waals surface area contributed by atoms with Crippen LogP contribution in [0.15, 0.2) is 42.5 Å². The van der Waals surface area contributed by atoms with Crippen molar-refractivity contribution in [2.75, 3.05) is 0 Å². The molecule has 1 nitrogen and oxygen atoms in total. The highest BCUT2D eigenvalue weighted by atomic mass is 16.3. The first kappa shape index (κ1) is 12.0. The number of rotatable bonds is 6. The van der Waals surface area contributed by atoms with Gasteiger partial charge in [-0.3, -0.25) is 0 Å². The highest BCUT2D eigenvalue weighted by Crippen LogP contribution is 2.10. The van der Waals surface area contributed by atoms with Gasteiger partial charge >= 0.3 is 0 Å². The SMILES string of the molecule is C=C(C)CCC(O)CCc1ccccc1. The number of hydrogen-bond acceptors (Lipinski definition) is 1. The molecule has 0 aliphatic carbocycles. The van der Waals surface area contributed by atoms with Crippen molar-refractivity contribution in [1.82, 2.24) is 0 Å². The van der Waals surface area contributed by atoms with Crippen molar-refractivity contribution in [2.45, 2.75) is 38.7 Å². The van der Waals surface area contributed by atoms with Crippen molar-refractivity contribution in [1.29, 1.82) is 0 Å². The van der Waals surface area contributed by atoms with E-state index >= 15 is 0 Å². The van der Waals surface area contributed by atoms with Crippen LogP contribution in [-0.2, 0) is 6.42 Å². The van der Waals surface area contributed by atoms with Gasteiger partial charge in [0.2, 0.25) is 0 Å². The maximum atomic E-state index is 9.72. The van der Waals surface area contributed by atoms with Crippen molar-refractivity contribution in [2.24, 2.45) is 0 Å². The van der Waals surface area contributed by atoms with Crippen LogP contribution in [0.25, 0.3) is 0 Å². The van der Waals surface area contributed by atoms with Crippen LogP contribution in [0.5, 0.6) is 0 Å². The summed E-state index contributed by atoms with van der Waals surface area (Å²) in [5, 5.41) is 9.72. The van der Waals surface area contributed by atoms with Gasteiger partial charge in [0, 0.05) is 0 Å². The van der Waals surface area contributed by atoms with Crippen molar-refractivity contribution in [3.63, 3.8) is 0 Å². The summed E-state index contributed by atoms with van der Waals surface area (Å²) in [7, 11) is 0. The zero-order valence-electron chi connectivity index (χ0n) is 9.45. The van der Waals surface area contributed by atoms with Gasteiger partial charge in [0.1, 0.15) is 0 Å². The third kappa shape index (κ3) is 5.38. The maximum absolute atomic E-state index is 9.72. The molecule has 1 aromatic carbocycles. The van der Waals surface area contributed by atoms with Crippen LogP contribution in [0.3, 0.4) is 0 Å². The molecule has 1 atom stereocenters. The van der Waals surface area contributed by atoms with Gasteiger partial charge in [-0.1, -0.05) is 35.9 Å². The normalized spacial score (nSPS) is 12.4. The van der Waals surface area contributed by atoms with Crippen LogP contribution in [0, 0.1) is 0 Å². The molecule has 1 unspecified atom stereocenters. The molecule has 0 heterocycles. The van der Waals surface area contributed by atoms with Gasteiger partial charge in [0.25, 0.3) is 0 Å². The molecule has 0 spiro atoms.